The lowest BCUT2D eigenvalue weighted by Crippen LogP contribution is -2.63. The summed E-state index contributed by atoms with van der Waals surface area (Å²) < 4.78 is 10.5. The lowest BCUT2D eigenvalue weighted by Gasteiger charge is -2.63. The second-order valence-electron chi connectivity index (χ2n) is 10.7. The first kappa shape index (κ1) is 23.3. The van der Waals surface area contributed by atoms with Gasteiger partial charge in [-0.2, -0.15) is 0 Å². The Kier molecular flexibility index (Phi) is 6.44. The van der Waals surface area contributed by atoms with Crippen LogP contribution in [0.3, 0.4) is 0 Å². The summed E-state index contributed by atoms with van der Waals surface area (Å²) in [5.74, 6) is 0.000218. The monoisotopic (exact) mass is 420 g/mol. The molecule has 0 aromatic heterocycles. The average Bonchev–Trinajstić information content (AvgIpc) is 2.69. The van der Waals surface area contributed by atoms with Crippen LogP contribution in [-0.4, -0.2) is 36.4 Å². The summed E-state index contributed by atoms with van der Waals surface area (Å²) in [5, 5.41) is 12.0. The molecule has 0 aromatic rings. The molecule has 0 aromatic carbocycles. The Labute approximate surface area is 181 Å². The van der Waals surface area contributed by atoms with Crippen LogP contribution < -0.4 is 0 Å². The molecular formula is C25H40O5. The van der Waals surface area contributed by atoms with Crippen molar-refractivity contribution in [2.24, 2.45) is 34.5 Å². The number of fused-ring (bicyclic) bond motifs is 3. The molecule has 5 nitrogen and oxygen atoms in total. The van der Waals surface area contributed by atoms with Crippen LogP contribution in [0, 0.1) is 34.5 Å². The van der Waals surface area contributed by atoms with Gasteiger partial charge in [0.25, 0.3) is 0 Å². The van der Waals surface area contributed by atoms with Gasteiger partial charge in [-0.05, 0) is 69.1 Å². The fourth-order valence-corrected chi connectivity index (χ4v) is 7.12. The van der Waals surface area contributed by atoms with Gasteiger partial charge in [-0.15, -0.1) is 0 Å². The fourth-order valence-electron chi connectivity index (χ4n) is 7.12. The van der Waals surface area contributed by atoms with Gasteiger partial charge >= 0.3 is 11.9 Å². The van der Waals surface area contributed by atoms with Crippen molar-refractivity contribution in [3.63, 3.8) is 0 Å². The van der Waals surface area contributed by atoms with Crippen LogP contribution in [-0.2, 0) is 19.1 Å². The van der Waals surface area contributed by atoms with E-state index in [-0.39, 0.29) is 41.5 Å². The predicted octanol–water partition coefficient (Wildman–Crippen LogP) is 4.67. The van der Waals surface area contributed by atoms with Crippen molar-refractivity contribution in [1.82, 2.24) is 0 Å². The third-order valence-corrected chi connectivity index (χ3v) is 8.72. The smallest absolute Gasteiger partial charge is 0.311 e. The van der Waals surface area contributed by atoms with E-state index in [1.807, 2.05) is 6.92 Å². The fraction of sp³-hybridized carbons (Fsp3) is 0.840. The molecule has 3 rings (SSSR count). The van der Waals surface area contributed by atoms with Crippen LogP contribution in [0.5, 0.6) is 0 Å². The van der Waals surface area contributed by atoms with Crippen molar-refractivity contribution in [3.05, 3.63) is 11.6 Å². The number of allylic oxidation sites excluding steroid dienone is 1. The molecular weight excluding hydrogens is 380 g/mol. The van der Waals surface area contributed by atoms with Gasteiger partial charge in [0.2, 0.25) is 0 Å². The minimum absolute atomic E-state index is 0.0201. The lowest BCUT2D eigenvalue weighted by atomic mass is 9.41. The molecule has 2 fully saturated rings. The molecule has 0 aliphatic heterocycles. The molecule has 0 unspecified atom stereocenters. The lowest BCUT2D eigenvalue weighted by molar-refractivity contribution is -0.205. The molecule has 0 amide bonds. The van der Waals surface area contributed by atoms with Crippen molar-refractivity contribution < 1.29 is 24.2 Å². The number of methoxy groups -OCH3 is 1. The first-order chi connectivity index (χ1) is 14.0. The topological polar surface area (TPSA) is 72.8 Å². The highest BCUT2D eigenvalue weighted by Gasteiger charge is 2.65. The second-order valence-corrected chi connectivity index (χ2v) is 10.7. The van der Waals surface area contributed by atoms with Crippen LogP contribution in [0.4, 0.5) is 0 Å². The van der Waals surface area contributed by atoms with Gasteiger partial charge in [0.05, 0.1) is 31.2 Å². The van der Waals surface area contributed by atoms with Gasteiger partial charge in [0.15, 0.2) is 0 Å². The number of hydrogen-bond acceptors (Lipinski definition) is 5. The molecule has 6 atom stereocenters. The average molecular weight is 421 g/mol. The Morgan fingerprint density at radius 3 is 2.57 bits per heavy atom. The molecule has 0 radical (unpaired) electrons. The van der Waals surface area contributed by atoms with E-state index in [9.17, 15) is 14.7 Å². The quantitative estimate of drug-likeness (QED) is 0.517. The van der Waals surface area contributed by atoms with Crippen LogP contribution >= 0.6 is 0 Å². The zero-order valence-electron chi connectivity index (χ0n) is 19.6. The van der Waals surface area contributed by atoms with Crippen molar-refractivity contribution in [1.29, 1.82) is 0 Å². The Balaban J connectivity index is 2.08. The Hall–Kier alpha value is -1.36. The number of esters is 2. The molecule has 30 heavy (non-hydrogen) atoms. The van der Waals surface area contributed by atoms with Gasteiger partial charge < -0.3 is 14.6 Å². The minimum Gasteiger partial charge on any atom is -0.469 e. The molecule has 0 saturated heterocycles. The van der Waals surface area contributed by atoms with Gasteiger partial charge in [-0.3, -0.25) is 9.59 Å². The van der Waals surface area contributed by atoms with E-state index in [1.54, 1.807) is 6.92 Å². The third kappa shape index (κ3) is 3.72. The molecule has 5 heteroatoms. The predicted molar refractivity (Wildman–Crippen MR) is 116 cm³/mol. The minimum atomic E-state index is -1.20. The van der Waals surface area contributed by atoms with Gasteiger partial charge in [0, 0.05) is 5.92 Å². The maximum Gasteiger partial charge on any atom is 0.311 e. The highest BCUT2D eigenvalue weighted by atomic mass is 16.5. The molecule has 3 aliphatic carbocycles. The van der Waals surface area contributed by atoms with Crippen molar-refractivity contribution in [2.45, 2.75) is 85.2 Å². The van der Waals surface area contributed by atoms with E-state index >= 15 is 0 Å². The first-order valence-electron chi connectivity index (χ1n) is 11.7. The zero-order valence-corrected chi connectivity index (χ0v) is 19.6. The van der Waals surface area contributed by atoms with Crippen LogP contribution in [0.2, 0.25) is 0 Å². The maximum absolute atomic E-state index is 12.9. The molecule has 0 heterocycles. The number of ether oxygens (including phenoxy) is 2. The highest BCUT2D eigenvalue weighted by Crippen LogP contribution is 2.66. The van der Waals surface area contributed by atoms with Crippen molar-refractivity contribution in [2.75, 3.05) is 13.7 Å². The normalized spacial score (nSPS) is 40.8. The van der Waals surface area contributed by atoms with E-state index < -0.39 is 11.0 Å². The highest BCUT2D eigenvalue weighted by molar-refractivity contribution is 5.77. The molecule has 0 spiro atoms. The number of hydrogen-bond donors (Lipinski definition) is 1. The maximum atomic E-state index is 12.9. The Morgan fingerprint density at radius 2 is 1.97 bits per heavy atom. The van der Waals surface area contributed by atoms with Crippen LogP contribution in [0.15, 0.2) is 11.6 Å². The number of rotatable bonds is 5. The Morgan fingerprint density at radius 1 is 1.27 bits per heavy atom. The SMILES string of the molecule is CCOC(=O)C[C@@]1(O)C[C@@H]2[C@](C)(CCC[C@@]2(C)C(=O)OC)[C@H]2CCC(C(C)C)=C[C@@H]21. The summed E-state index contributed by atoms with van der Waals surface area (Å²) in [6, 6.07) is 0. The van der Waals surface area contributed by atoms with Gasteiger partial charge in [-0.1, -0.05) is 38.8 Å². The van der Waals surface area contributed by atoms with Crippen molar-refractivity contribution >= 4 is 11.9 Å². The molecule has 2 saturated carbocycles. The summed E-state index contributed by atoms with van der Waals surface area (Å²) in [6.45, 7) is 10.8. The van der Waals surface area contributed by atoms with E-state index in [0.717, 1.165) is 32.1 Å². The Bertz CT molecular complexity index is 712. The first-order valence-corrected chi connectivity index (χ1v) is 11.7. The zero-order chi connectivity index (χ0) is 22.3. The molecule has 0 bridgehead atoms. The summed E-state index contributed by atoms with van der Waals surface area (Å²) in [6.07, 6.45) is 7.48. The molecule has 170 valence electrons. The number of carbonyl (C=O) groups excluding carboxylic acids is 2. The second kappa shape index (κ2) is 8.29. The molecule has 1 N–H and O–H groups in total. The van der Waals surface area contributed by atoms with E-state index in [1.165, 1.54) is 12.7 Å². The van der Waals surface area contributed by atoms with E-state index in [0.29, 0.717) is 18.9 Å². The third-order valence-electron chi connectivity index (χ3n) is 8.72. The van der Waals surface area contributed by atoms with Gasteiger partial charge in [0.1, 0.15) is 0 Å². The number of carbonyl (C=O) groups is 2. The summed E-state index contributed by atoms with van der Waals surface area (Å²) in [7, 11) is 1.45. The largest absolute Gasteiger partial charge is 0.469 e. The summed E-state index contributed by atoms with van der Waals surface area (Å²) >= 11 is 0. The van der Waals surface area contributed by atoms with Crippen LogP contribution in [0.1, 0.15) is 79.6 Å². The number of aliphatic hydroxyl groups is 1. The standard InChI is InChI=1S/C25H40O5/c1-7-30-21(26)15-25(28)14-20-23(4,11-8-12-24(20,5)22(27)29-6)18-10-9-17(16(2)3)13-19(18)25/h13,16,18-20,28H,7-12,14-15H2,1-6H3/t18-,19-,20+,23+,24+,25-/m0/s1. The van der Waals surface area contributed by atoms with E-state index in [2.05, 4.69) is 26.8 Å². The summed E-state index contributed by atoms with van der Waals surface area (Å²) in [5.41, 5.74) is -0.538. The van der Waals surface area contributed by atoms with Crippen molar-refractivity contribution in [3.8, 4) is 0 Å². The van der Waals surface area contributed by atoms with Gasteiger partial charge in [-0.25, -0.2) is 0 Å². The van der Waals surface area contributed by atoms with E-state index in [4.69, 9.17) is 9.47 Å². The van der Waals surface area contributed by atoms with Crippen LogP contribution in [0.25, 0.3) is 0 Å². The molecule has 3 aliphatic rings. The summed E-state index contributed by atoms with van der Waals surface area (Å²) in [4.78, 5) is 25.4.